The lowest BCUT2D eigenvalue weighted by Gasteiger charge is -2.15. The predicted molar refractivity (Wildman–Crippen MR) is 101 cm³/mol. The van der Waals surface area contributed by atoms with E-state index >= 15 is 0 Å². The second kappa shape index (κ2) is 5.56. The van der Waals surface area contributed by atoms with Crippen LogP contribution in [0.15, 0.2) is 72.8 Å². The molecule has 5 rings (SSSR count). The molecule has 0 saturated heterocycles. The van der Waals surface area contributed by atoms with Crippen LogP contribution in [0.3, 0.4) is 0 Å². The highest BCUT2D eigenvalue weighted by atomic mass is 16.2. The molecule has 2 heterocycles. The van der Waals surface area contributed by atoms with E-state index in [1.807, 2.05) is 24.3 Å². The lowest BCUT2D eigenvalue weighted by Crippen LogP contribution is -2.32. The first kappa shape index (κ1) is 14.9. The minimum atomic E-state index is -0.202. The lowest BCUT2D eigenvalue weighted by atomic mass is 10.1. The number of benzene rings is 3. The number of aromatic nitrogens is 1. The van der Waals surface area contributed by atoms with Crippen molar-refractivity contribution in [3.63, 3.8) is 0 Å². The average Bonchev–Trinajstić information content (AvgIpc) is 3.14. The van der Waals surface area contributed by atoms with Crippen LogP contribution in [0.25, 0.3) is 21.8 Å². The van der Waals surface area contributed by atoms with Gasteiger partial charge in [0, 0.05) is 34.9 Å². The van der Waals surface area contributed by atoms with Crippen LogP contribution in [-0.2, 0) is 6.54 Å². The Kier molecular flexibility index (Phi) is 3.19. The Balaban J connectivity index is 1.53. The number of hydrogen-bond acceptors (Lipinski definition) is 2. The molecule has 0 atom stereocenters. The predicted octanol–water partition coefficient (Wildman–Crippen LogP) is 4.09. The van der Waals surface area contributed by atoms with Crippen molar-refractivity contribution in [2.75, 3.05) is 6.54 Å². The van der Waals surface area contributed by atoms with Crippen molar-refractivity contribution in [3.05, 3.63) is 83.9 Å². The summed E-state index contributed by atoms with van der Waals surface area (Å²) in [6.45, 7) is 0.925. The van der Waals surface area contributed by atoms with Crippen LogP contribution in [0.1, 0.15) is 20.7 Å². The number of para-hydroxylation sites is 2. The number of imide groups is 1. The molecule has 0 radical (unpaired) electrons. The first-order chi connectivity index (χ1) is 12.8. The summed E-state index contributed by atoms with van der Waals surface area (Å²) < 4.78 is 2.19. The van der Waals surface area contributed by atoms with E-state index in [1.54, 1.807) is 24.3 Å². The van der Waals surface area contributed by atoms with Crippen molar-refractivity contribution in [3.8, 4) is 0 Å². The molecule has 0 saturated carbocycles. The van der Waals surface area contributed by atoms with Crippen LogP contribution in [0.2, 0.25) is 0 Å². The summed E-state index contributed by atoms with van der Waals surface area (Å²) >= 11 is 0. The van der Waals surface area contributed by atoms with E-state index in [9.17, 15) is 9.59 Å². The van der Waals surface area contributed by atoms with Gasteiger partial charge in [-0.15, -0.1) is 0 Å². The fourth-order valence-electron chi connectivity index (χ4n) is 3.89. The van der Waals surface area contributed by atoms with Gasteiger partial charge in [0.15, 0.2) is 0 Å². The van der Waals surface area contributed by atoms with Gasteiger partial charge in [0.05, 0.1) is 11.1 Å². The van der Waals surface area contributed by atoms with E-state index in [0.717, 1.165) is 11.0 Å². The normalized spacial score (nSPS) is 13.8. The van der Waals surface area contributed by atoms with E-state index in [-0.39, 0.29) is 11.8 Å². The standard InChI is InChI=1S/C22H16N2O2/c25-21-17-9-1-2-10-18(17)22(26)24(21)14-13-23-19-11-5-3-7-15(19)16-8-4-6-12-20(16)23/h1-12H,13-14H2. The van der Waals surface area contributed by atoms with E-state index in [2.05, 4.69) is 28.8 Å². The Morgan fingerprint density at radius 2 is 1.04 bits per heavy atom. The van der Waals surface area contributed by atoms with Gasteiger partial charge in [0.25, 0.3) is 11.8 Å². The highest BCUT2D eigenvalue weighted by molar-refractivity contribution is 6.21. The van der Waals surface area contributed by atoms with Crippen molar-refractivity contribution in [1.29, 1.82) is 0 Å². The van der Waals surface area contributed by atoms with E-state index in [4.69, 9.17) is 0 Å². The van der Waals surface area contributed by atoms with Gasteiger partial charge in [-0.25, -0.2) is 0 Å². The Morgan fingerprint density at radius 1 is 0.577 bits per heavy atom. The second-order valence-corrected chi connectivity index (χ2v) is 6.49. The number of rotatable bonds is 3. The monoisotopic (exact) mass is 340 g/mol. The number of carbonyl (C=O) groups is 2. The molecule has 1 aliphatic rings. The molecule has 1 aliphatic heterocycles. The Labute approximate surface area is 150 Å². The SMILES string of the molecule is O=C1c2ccccc2C(=O)N1CCn1c2ccccc2c2ccccc21. The minimum absolute atomic E-state index is 0.202. The molecule has 2 amide bonds. The Morgan fingerprint density at radius 3 is 1.58 bits per heavy atom. The largest absolute Gasteiger partial charge is 0.339 e. The third-order valence-electron chi connectivity index (χ3n) is 5.11. The van der Waals surface area contributed by atoms with Gasteiger partial charge in [-0.3, -0.25) is 14.5 Å². The topological polar surface area (TPSA) is 42.3 Å². The van der Waals surface area contributed by atoms with Crippen LogP contribution in [0, 0.1) is 0 Å². The summed E-state index contributed by atoms with van der Waals surface area (Å²) in [4.78, 5) is 26.5. The summed E-state index contributed by atoms with van der Waals surface area (Å²) in [6, 6.07) is 23.5. The van der Waals surface area contributed by atoms with Gasteiger partial charge in [0.1, 0.15) is 0 Å². The van der Waals surface area contributed by atoms with Crippen molar-refractivity contribution in [1.82, 2.24) is 9.47 Å². The molecule has 4 aromatic rings. The van der Waals surface area contributed by atoms with Crippen molar-refractivity contribution in [2.24, 2.45) is 0 Å². The number of fused-ring (bicyclic) bond motifs is 4. The molecule has 1 aromatic heterocycles. The first-order valence-corrected chi connectivity index (χ1v) is 8.67. The van der Waals surface area contributed by atoms with Crippen LogP contribution in [0.5, 0.6) is 0 Å². The highest BCUT2D eigenvalue weighted by Crippen LogP contribution is 2.29. The molecule has 4 nitrogen and oxygen atoms in total. The lowest BCUT2D eigenvalue weighted by molar-refractivity contribution is 0.0650. The van der Waals surface area contributed by atoms with Crippen molar-refractivity contribution >= 4 is 33.6 Å². The molecule has 0 aliphatic carbocycles. The van der Waals surface area contributed by atoms with Crippen molar-refractivity contribution < 1.29 is 9.59 Å². The Bertz CT molecular complexity index is 1100. The molecule has 126 valence electrons. The van der Waals surface area contributed by atoms with Crippen LogP contribution in [0.4, 0.5) is 0 Å². The summed E-state index contributed by atoms with van der Waals surface area (Å²) in [7, 11) is 0. The second-order valence-electron chi connectivity index (χ2n) is 6.49. The summed E-state index contributed by atoms with van der Waals surface area (Å²) in [5.41, 5.74) is 3.23. The molecular weight excluding hydrogens is 324 g/mol. The zero-order valence-electron chi connectivity index (χ0n) is 14.1. The number of hydrogen-bond donors (Lipinski definition) is 0. The minimum Gasteiger partial charge on any atom is -0.339 e. The van der Waals surface area contributed by atoms with Gasteiger partial charge < -0.3 is 4.57 Å². The van der Waals surface area contributed by atoms with Crippen LogP contribution < -0.4 is 0 Å². The number of amides is 2. The molecule has 0 fully saturated rings. The number of nitrogens with zero attached hydrogens (tertiary/aromatic N) is 2. The van der Waals surface area contributed by atoms with Gasteiger partial charge in [0.2, 0.25) is 0 Å². The molecule has 0 bridgehead atoms. The molecule has 26 heavy (non-hydrogen) atoms. The van der Waals surface area contributed by atoms with Gasteiger partial charge >= 0.3 is 0 Å². The summed E-state index contributed by atoms with van der Waals surface area (Å²) in [6.07, 6.45) is 0. The van der Waals surface area contributed by atoms with E-state index in [1.165, 1.54) is 15.7 Å². The molecule has 4 heteroatoms. The Hall–Kier alpha value is -3.40. The summed E-state index contributed by atoms with van der Waals surface area (Å²) in [5.74, 6) is -0.405. The van der Waals surface area contributed by atoms with Crippen molar-refractivity contribution in [2.45, 2.75) is 6.54 Å². The maximum absolute atomic E-state index is 12.6. The number of carbonyl (C=O) groups excluding carboxylic acids is 2. The maximum atomic E-state index is 12.6. The fourth-order valence-corrected chi connectivity index (χ4v) is 3.89. The maximum Gasteiger partial charge on any atom is 0.261 e. The quantitative estimate of drug-likeness (QED) is 0.527. The molecule has 0 spiro atoms. The van der Waals surface area contributed by atoms with E-state index < -0.39 is 0 Å². The molecule has 3 aromatic carbocycles. The third kappa shape index (κ3) is 2.02. The zero-order chi connectivity index (χ0) is 17.7. The van der Waals surface area contributed by atoms with Gasteiger partial charge in [-0.2, -0.15) is 0 Å². The average molecular weight is 340 g/mol. The zero-order valence-corrected chi connectivity index (χ0v) is 14.1. The highest BCUT2D eigenvalue weighted by Gasteiger charge is 2.34. The first-order valence-electron chi connectivity index (χ1n) is 8.67. The van der Waals surface area contributed by atoms with Gasteiger partial charge in [-0.1, -0.05) is 48.5 Å². The van der Waals surface area contributed by atoms with Gasteiger partial charge in [-0.05, 0) is 24.3 Å². The van der Waals surface area contributed by atoms with Crippen LogP contribution >= 0.6 is 0 Å². The molecule has 0 N–H and O–H groups in total. The molecule has 0 unspecified atom stereocenters. The fraction of sp³-hybridized carbons (Fsp3) is 0.0909. The summed E-state index contributed by atoms with van der Waals surface area (Å²) in [5, 5.41) is 2.37. The third-order valence-corrected chi connectivity index (χ3v) is 5.11. The smallest absolute Gasteiger partial charge is 0.261 e. The van der Waals surface area contributed by atoms with Crippen LogP contribution in [-0.4, -0.2) is 27.8 Å². The van der Waals surface area contributed by atoms with E-state index in [0.29, 0.717) is 24.2 Å². The molecular formula is C22H16N2O2.